The fraction of sp³-hybridized carbons (Fsp3) is 0.538. The second-order valence-corrected chi connectivity index (χ2v) is 5.36. The number of rotatable bonds is 2. The summed E-state index contributed by atoms with van der Waals surface area (Å²) in [6.45, 7) is 4.18. The average Bonchev–Trinajstić information content (AvgIpc) is 2.65. The Bertz CT molecular complexity index is 431. The first-order chi connectivity index (χ1) is 8.36. The lowest BCUT2D eigenvalue weighted by Crippen LogP contribution is -2.22. The number of benzene rings is 1. The van der Waals surface area contributed by atoms with Crippen molar-refractivity contribution in [1.82, 2.24) is 4.90 Å². The summed E-state index contributed by atoms with van der Waals surface area (Å²) < 4.78 is 38.7. The number of likely N-dealkylation sites (tertiary alicyclic amines) is 1. The largest absolute Gasteiger partial charge is 0.416 e. The van der Waals surface area contributed by atoms with E-state index in [-0.39, 0.29) is 5.02 Å². The van der Waals surface area contributed by atoms with Gasteiger partial charge in [0.05, 0.1) is 5.56 Å². The Labute approximate surface area is 110 Å². The summed E-state index contributed by atoms with van der Waals surface area (Å²) >= 11 is 5.65. The minimum atomic E-state index is -4.34. The topological polar surface area (TPSA) is 3.24 Å². The highest BCUT2D eigenvalue weighted by molar-refractivity contribution is 6.30. The second kappa shape index (κ2) is 5.10. The molecular formula is C13H15ClF3N. The Kier molecular flexibility index (Phi) is 3.87. The fourth-order valence-corrected chi connectivity index (χ4v) is 2.53. The van der Waals surface area contributed by atoms with Crippen molar-refractivity contribution in [3.05, 3.63) is 34.3 Å². The smallest absolute Gasteiger partial charge is 0.299 e. The van der Waals surface area contributed by atoms with E-state index in [0.717, 1.165) is 25.6 Å². The van der Waals surface area contributed by atoms with Gasteiger partial charge in [-0.3, -0.25) is 4.90 Å². The standard InChI is InChI=1S/C13H15ClF3N/c1-9-4-5-18(7-9)8-10-2-3-11(14)6-12(10)13(15,16)17/h2-3,6,9H,4-5,7-8H2,1H3/t9-/m1/s1. The quantitative estimate of drug-likeness (QED) is 0.783. The molecule has 1 heterocycles. The Hall–Kier alpha value is -0.740. The van der Waals surface area contributed by atoms with E-state index >= 15 is 0 Å². The predicted molar refractivity (Wildman–Crippen MR) is 65.5 cm³/mol. The van der Waals surface area contributed by atoms with Gasteiger partial charge in [-0.2, -0.15) is 13.2 Å². The van der Waals surface area contributed by atoms with Crippen LogP contribution in [0.4, 0.5) is 13.2 Å². The Morgan fingerprint density at radius 1 is 1.39 bits per heavy atom. The van der Waals surface area contributed by atoms with Gasteiger partial charge in [0, 0.05) is 18.1 Å². The Morgan fingerprint density at radius 3 is 2.67 bits per heavy atom. The minimum absolute atomic E-state index is 0.126. The molecule has 0 spiro atoms. The molecule has 0 aromatic heterocycles. The second-order valence-electron chi connectivity index (χ2n) is 4.93. The Morgan fingerprint density at radius 2 is 2.11 bits per heavy atom. The molecule has 1 nitrogen and oxygen atoms in total. The summed E-state index contributed by atoms with van der Waals surface area (Å²) in [6.07, 6.45) is -3.29. The number of halogens is 4. The maximum Gasteiger partial charge on any atom is 0.416 e. The molecule has 0 aliphatic carbocycles. The molecule has 1 aromatic carbocycles. The third kappa shape index (κ3) is 3.18. The number of alkyl halides is 3. The SMILES string of the molecule is C[C@@H]1CCN(Cc2ccc(Cl)cc2C(F)(F)F)C1. The molecule has 1 atom stereocenters. The molecule has 0 bridgehead atoms. The highest BCUT2D eigenvalue weighted by atomic mass is 35.5. The molecule has 5 heteroatoms. The first kappa shape index (κ1) is 13.7. The monoisotopic (exact) mass is 277 g/mol. The van der Waals surface area contributed by atoms with E-state index in [0.29, 0.717) is 18.0 Å². The van der Waals surface area contributed by atoms with Crippen LogP contribution in [0.3, 0.4) is 0 Å². The summed E-state index contributed by atoms with van der Waals surface area (Å²) in [7, 11) is 0. The van der Waals surface area contributed by atoms with E-state index in [9.17, 15) is 13.2 Å². The molecular weight excluding hydrogens is 263 g/mol. The molecule has 0 N–H and O–H groups in total. The van der Waals surface area contributed by atoms with Crippen LogP contribution in [0.1, 0.15) is 24.5 Å². The first-order valence-electron chi connectivity index (χ1n) is 5.94. The maximum atomic E-state index is 12.9. The van der Waals surface area contributed by atoms with Crippen LogP contribution >= 0.6 is 11.6 Å². The molecule has 0 radical (unpaired) electrons. The zero-order valence-corrected chi connectivity index (χ0v) is 10.9. The summed E-state index contributed by atoms with van der Waals surface area (Å²) in [4.78, 5) is 2.06. The molecule has 0 amide bonds. The molecule has 1 aliphatic heterocycles. The lowest BCUT2D eigenvalue weighted by atomic mass is 10.1. The maximum absolute atomic E-state index is 12.9. The highest BCUT2D eigenvalue weighted by Gasteiger charge is 2.34. The van der Waals surface area contributed by atoms with E-state index in [1.165, 1.54) is 12.1 Å². The summed E-state index contributed by atoms with van der Waals surface area (Å²) in [5.41, 5.74) is -0.310. The van der Waals surface area contributed by atoms with Crippen molar-refractivity contribution in [2.24, 2.45) is 5.92 Å². The van der Waals surface area contributed by atoms with Crippen LogP contribution in [0.15, 0.2) is 18.2 Å². The van der Waals surface area contributed by atoms with Crippen molar-refractivity contribution in [1.29, 1.82) is 0 Å². The van der Waals surface area contributed by atoms with Crippen LogP contribution in [0.2, 0.25) is 5.02 Å². The van der Waals surface area contributed by atoms with Crippen LogP contribution in [0.25, 0.3) is 0 Å². The van der Waals surface area contributed by atoms with Gasteiger partial charge in [0.1, 0.15) is 0 Å². The molecule has 1 aromatic rings. The van der Waals surface area contributed by atoms with Gasteiger partial charge in [0.2, 0.25) is 0 Å². The highest BCUT2D eigenvalue weighted by Crippen LogP contribution is 2.34. The van der Waals surface area contributed by atoms with Gasteiger partial charge in [-0.05, 0) is 36.6 Å². The van der Waals surface area contributed by atoms with Gasteiger partial charge in [0.25, 0.3) is 0 Å². The predicted octanol–water partition coefficient (Wildman–Crippen LogP) is 4.20. The number of nitrogens with zero attached hydrogens (tertiary/aromatic N) is 1. The van der Waals surface area contributed by atoms with Crippen LogP contribution in [-0.4, -0.2) is 18.0 Å². The minimum Gasteiger partial charge on any atom is -0.299 e. The first-order valence-corrected chi connectivity index (χ1v) is 6.32. The third-order valence-electron chi connectivity index (χ3n) is 3.28. The lowest BCUT2D eigenvalue weighted by molar-refractivity contribution is -0.138. The lowest BCUT2D eigenvalue weighted by Gasteiger charge is -2.19. The van der Waals surface area contributed by atoms with Gasteiger partial charge >= 0.3 is 6.18 Å². The molecule has 1 fully saturated rings. The van der Waals surface area contributed by atoms with E-state index in [1.807, 2.05) is 0 Å². The average molecular weight is 278 g/mol. The van der Waals surface area contributed by atoms with Gasteiger partial charge in [-0.1, -0.05) is 24.6 Å². The van der Waals surface area contributed by atoms with Crippen molar-refractivity contribution < 1.29 is 13.2 Å². The van der Waals surface area contributed by atoms with Crippen LogP contribution < -0.4 is 0 Å². The van der Waals surface area contributed by atoms with Gasteiger partial charge < -0.3 is 0 Å². The van der Waals surface area contributed by atoms with Crippen molar-refractivity contribution in [3.8, 4) is 0 Å². The molecule has 1 saturated heterocycles. The zero-order chi connectivity index (χ0) is 13.3. The molecule has 100 valence electrons. The van der Waals surface area contributed by atoms with E-state index in [2.05, 4.69) is 11.8 Å². The number of hydrogen-bond donors (Lipinski definition) is 0. The summed E-state index contributed by atoms with van der Waals surface area (Å²) in [5.74, 6) is 0.562. The van der Waals surface area contributed by atoms with Crippen LogP contribution in [0, 0.1) is 5.92 Å². The fourth-order valence-electron chi connectivity index (χ4n) is 2.36. The molecule has 18 heavy (non-hydrogen) atoms. The molecule has 1 aliphatic rings. The third-order valence-corrected chi connectivity index (χ3v) is 3.51. The Balaban J connectivity index is 2.22. The van der Waals surface area contributed by atoms with Gasteiger partial charge in [-0.25, -0.2) is 0 Å². The van der Waals surface area contributed by atoms with Crippen molar-refractivity contribution in [3.63, 3.8) is 0 Å². The van der Waals surface area contributed by atoms with Crippen LogP contribution in [0.5, 0.6) is 0 Å². The van der Waals surface area contributed by atoms with Gasteiger partial charge in [-0.15, -0.1) is 0 Å². The van der Waals surface area contributed by atoms with E-state index < -0.39 is 11.7 Å². The van der Waals surface area contributed by atoms with Crippen molar-refractivity contribution in [2.45, 2.75) is 26.1 Å². The van der Waals surface area contributed by atoms with Crippen molar-refractivity contribution >= 4 is 11.6 Å². The normalized spacial score (nSPS) is 21.5. The summed E-state index contributed by atoms with van der Waals surface area (Å²) in [5, 5.41) is 0.126. The number of hydrogen-bond acceptors (Lipinski definition) is 1. The van der Waals surface area contributed by atoms with Crippen LogP contribution in [-0.2, 0) is 12.7 Å². The zero-order valence-electron chi connectivity index (χ0n) is 10.1. The molecule has 0 unspecified atom stereocenters. The molecule has 2 rings (SSSR count). The van der Waals surface area contributed by atoms with Gasteiger partial charge in [0.15, 0.2) is 0 Å². The summed E-state index contributed by atoms with van der Waals surface area (Å²) in [6, 6.07) is 4.01. The van der Waals surface area contributed by atoms with E-state index in [1.54, 1.807) is 0 Å². The van der Waals surface area contributed by atoms with E-state index in [4.69, 9.17) is 11.6 Å². The molecule has 0 saturated carbocycles. The van der Waals surface area contributed by atoms with Crippen molar-refractivity contribution in [2.75, 3.05) is 13.1 Å².